The van der Waals surface area contributed by atoms with Crippen molar-refractivity contribution in [3.63, 3.8) is 0 Å². The zero-order chi connectivity index (χ0) is 12.3. The van der Waals surface area contributed by atoms with E-state index in [2.05, 4.69) is 6.58 Å². The second-order valence-electron chi connectivity index (χ2n) is 4.12. The van der Waals surface area contributed by atoms with Gasteiger partial charge in [-0.3, -0.25) is 4.79 Å². The number of carbonyl (C=O) groups excluding carboxylic acids is 1. The van der Waals surface area contributed by atoms with Crippen molar-refractivity contribution >= 4 is 5.97 Å². The molecule has 0 aromatic heterocycles. The van der Waals surface area contributed by atoms with Crippen LogP contribution in [0.4, 0.5) is 0 Å². The van der Waals surface area contributed by atoms with E-state index in [1.54, 1.807) is 0 Å². The molecule has 3 nitrogen and oxygen atoms in total. The largest absolute Gasteiger partial charge is 0.463 e. The van der Waals surface area contributed by atoms with Gasteiger partial charge in [-0.05, 0) is 5.56 Å². The fourth-order valence-electron chi connectivity index (χ4n) is 2.04. The van der Waals surface area contributed by atoms with Crippen LogP contribution in [0, 0.1) is 5.92 Å². The topological polar surface area (TPSA) is 35.5 Å². The Kier molecular flexibility index (Phi) is 3.59. The minimum Gasteiger partial charge on any atom is -0.463 e. The molecule has 1 aliphatic heterocycles. The lowest BCUT2D eigenvalue weighted by molar-refractivity contribution is -0.194. The zero-order valence-electron chi connectivity index (χ0n) is 9.84. The van der Waals surface area contributed by atoms with Crippen LogP contribution >= 0.6 is 0 Å². The highest BCUT2D eigenvalue weighted by molar-refractivity contribution is 5.65. The van der Waals surface area contributed by atoms with Gasteiger partial charge in [-0.25, -0.2) is 0 Å². The van der Waals surface area contributed by atoms with Crippen molar-refractivity contribution in [3.8, 4) is 0 Å². The molecule has 0 spiro atoms. The summed E-state index contributed by atoms with van der Waals surface area (Å²) in [6.45, 7) is 5.52. The Bertz CT molecular complexity index is 399. The maximum absolute atomic E-state index is 10.7. The molecule has 1 aromatic carbocycles. The number of ether oxygens (including phenoxy) is 2. The summed E-state index contributed by atoms with van der Waals surface area (Å²) in [5.41, 5.74) is 1.14. The summed E-state index contributed by atoms with van der Waals surface area (Å²) in [6.07, 6.45) is 1.84. The third-order valence-electron chi connectivity index (χ3n) is 2.95. The van der Waals surface area contributed by atoms with Crippen LogP contribution in [0.25, 0.3) is 0 Å². The van der Waals surface area contributed by atoms with Gasteiger partial charge in [0.25, 0.3) is 0 Å². The van der Waals surface area contributed by atoms with E-state index in [0.29, 0.717) is 6.61 Å². The SMILES string of the molecule is C=C[C@@H]1[C@@H](COC(C)=O)O[C@H]1c1ccccc1. The number of rotatable bonds is 4. The van der Waals surface area contributed by atoms with Gasteiger partial charge in [0, 0.05) is 12.8 Å². The quantitative estimate of drug-likeness (QED) is 0.591. The molecule has 0 bridgehead atoms. The molecular weight excluding hydrogens is 216 g/mol. The van der Waals surface area contributed by atoms with Gasteiger partial charge < -0.3 is 9.47 Å². The molecule has 0 unspecified atom stereocenters. The summed E-state index contributed by atoms with van der Waals surface area (Å²) in [6, 6.07) is 10.0. The van der Waals surface area contributed by atoms with Crippen molar-refractivity contribution in [3.05, 3.63) is 48.6 Å². The van der Waals surface area contributed by atoms with E-state index in [0.717, 1.165) is 5.56 Å². The summed E-state index contributed by atoms with van der Waals surface area (Å²) >= 11 is 0. The Morgan fingerprint density at radius 2 is 2.18 bits per heavy atom. The predicted octanol–water partition coefficient (Wildman–Crippen LogP) is 2.49. The van der Waals surface area contributed by atoms with E-state index in [-0.39, 0.29) is 24.1 Å². The average molecular weight is 232 g/mol. The van der Waals surface area contributed by atoms with E-state index >= 15 is 0 Å². The fourth-order valence-corrected chi connectivity index (χ4v) is 2.04. The number of carbonyl (C=O) groups is 1. The van der Waals surface area contributed by atoms with Gasteiger partial charge in [0.1, 0.15) is 12.7 Å². The first-order chi connectivity index (χ1) is 8.22. The Morgan fingerprint density at radius 1 is 1.47 bits per heavy atom. The maximum Gasteiger partial charge on any atom is 0.302 e. The van der Waals surface area contributed by atoms with E-state index in [1.165, 1.54) is 6.92 Å². The van der Waals surface area contributed by atoms with Crippen molar-refractivity contribution in [2.45, 2.75) is 19.1 Å². The van der Waals surface area contributed by atoms with Crippen LogP contribution in [0.5, 0.6) is 0 Å². The molecule has 0 amide bonds. The van der Waals surface area contributed by atoms with Crippen LogP contribution in [0.15, 0.2) is 43.0 Å². The second-order valence-corrected chi connectivity index (χ2v) is 4.12. The summed E-state index contributed by atoms with van der Waals surface area (Å²) in [4.78, 5) is 10.7. The first kappa shape index (κ1) is 11.9. The van der Waals surface area contributed by atoms with Crippen molar-refractivity contribution in [1.82, 2.24) is 0 Å². The summed E-state index contributed by atoms with van der Waals surface area (Å²) < 4.78 is 10.7. The van der Waals surface area contributed by atoms with Crippen LogP contribution in [0.3, 0.4) is 0 Å². The Morgan fingerprint density at radius 3 is 2.76 bits per heavy atom. The number of benzene rings is 1. The molecule has 90 valence electrons. The molecular formula is C14H16O3. The lowest BCUT2D eigenvalue weighted by Gasteiger charge is -2.43. The summed E-state index contributed by atoms with van der Waals surface area (Å²) in [7, 11) is 0. The maximum atomic E-state index is 10.7. The molecule has 2 rings (SSSR count). The summed E-state index contributed by atoms with van der Waals surface area (Å²) in [5, 5.41) is 0. The molecule has 0 aliphatic carbocycles. The van der Waals surface area contributed by atoms with Crippen LogP contribution in [0.1, 0.15) is 18.6 Å². The van der Waals surface area contributed by atoms with Crippen molar-refractivity contribution in [1.29, 1.82) is 0 Å². The molecule has 1 fully saturated rings. The first-order valence-electron chi connectivity index (χ1n) is 5.68. The molecule has 0 radical (unpaired) electrons. The predicted molar refractivity (Wildman–Crippen MR) is 64.4 cm³/mol. The minimum absolute atomic E-state index is 0.0364. The third-order valence-corrected chi connectivity index (χ3v) is 2.95. The average Bonchev–Trinajstić information content (AvgIpc) is 2.29. The molecule has 0 saturated carbocycles. The second kappa shape index (κ2) is 5.15. The highest BCUT2D eigenvalue weighted by Crippen LogP contribution is 2.41. The number of hydrogen-bond donors (Lipinski definition) is 0. The molecule has 1 heterocycles. The van der Waals surface area contributed by atoms with Gasteiger partial charge in [-0.15, -0.1) is 6.58 Å². The molecule has 0 N–H and O–H groups in total. The Labute approximate surface area is 101 Å². The number of esters is 1. The molecule has 17 heavy (non-hydrogen) atoms. The first-order valence-corrected chi connectivity index (χ1v) is 5.68. The van der Waals surface area contributed by atoms with Gasteiger partial charge in [0.2, 0.25) is 0 Å². The lowest BCUT2D eigenvalue weighted by atomic mass is 9.85. The summed E-state index contributed by atoms with van der Waals surface area (Å²) in [5.74, 6) is -0.0728. The zero-order valence-corrected chi connectivity index (χ0v) is 9.84. The highest BCUT2D eigenvalue weighted by atomic mass is 16.6. The van der Waals surface area contributed by atoms with Gasteiger partial charge in [-0.1, -0.05) is 36.4 Å². The third kappa shape index (κ3) is 2.56. The van der Waals surface area contributed by atoms with E-state index < -0.39 is 0 Å². The van der Waals surface area contributed by atoms with Crippen LogP contribution in [0.2, 0.25) is 0 Å². The minimum atomic E-state index is -0.278. The van der Waals surface area contributed by atoms with E-state index in [9.17, 15) is 4.79 Å². The number of hydrogen-bond acceptors (Lipinski definition) is 3. The van der Waals surface area contributed by atoms with Crippen molar-refractivity contribution in [2.24, 2.45) is 5.92 Å². The monoisotopic (exact) mass is 232 g/mol. The van der Waals surface area contributed by atoms with Crippen LogP contribution in [-0.4, -0.2) is 18.7 Å². The van der Waals surface area contributed by atoms with E-state index in [1.807, 2.05) is 36.4 Å². The van der Waals surface area contributed by atoms with Gasteiger partial charge in [0.05, 0.1) is 6.10 Å². The van der Waals surface area contributed by atoms with Crippen LogP contribution in [-0.2, 0) is 14.3 Å². The molecule has 3 heteroatoms. The van der Waals surface area contributed by atoms with Gasteiger partial charge >= 0.3 is 5.97 Å². The Balaban J connectivity index is 1.96. The lowest BCUT2D eigenvalue weighted by Crippen LogP contribution is -2.44. The normalized spacial score (nSPS) is 27.0. The van der Waals surface area contributed by atoms with Crippen LogP contribution < -0.4 is 0 Å². The smallest absolute Gasteiger partial charge is 0.302 e. The van der Waals surface area contributed by atoms with Crippen molar-refractivity contribution < 1.29 is 14.3 Å². The standard InChI is InChI=1S/C14H16O3/c1-3-12-13(9-16-10(2)15)17-14(12)11-7-5-4-6-8-11/h3-8,12-14H,1,9H2,2H3/t12-,13-,14+/m1/s1. The van der Waals surface area contributed by atoms with Crippen molar-refractivity contribution in [2.75, 3.05) is 6.61 Å². The fraction of sp³-hybridized carbons (Fsp3) is 0.357. The van der Waals surface area contributed by atoms with E-state index in [4.69, 9.17) is 9.47 Å². The molecule has 1 aromatic rings. The highest BCUT2D eigenvalue weighted by Gasteiger charge is 2.41. The molecule has 3 atom stereocenters. The van der Waals surface area contributed by atoms with Gasteiger partial charge in [-0.2, -0.15) is 0 Å². The molecule has 1 aliphatic rings. The van der Waals surface area contributed by atoms with Gasteiger partial charge in [0.15, 0.2) is 0 Å². The molecule has 1 saturated heterocycles. The Hall–Kier alpha value is -1.61.